The molecule has 0 bridgehead atoms. The van der Waals surface area contributed by atoms with Crippen LogP contribution in [0.25, 0.3) is 22.0 Å². The normalized spacial score (nSPS) is 11.2. The molecule has 0 atom stereocenters. The second-order valence-corrected chi connectivity index (χ2v) is 4.85. The van der Waals surface area contributed by atoms with E-state index in [0.29, 0.717) is 27.1 Å². The first-order valence-electron chi connectivity index (χ1n) is 6.08. The van der Waals surface area contributed by atoms with Crippen molar-refractivity contribution in [2.24, 2.45) is 0 Å². The minimum Gasteiger partial charge on any atom is -0.255 e. The summed E-state index contributed by atoms with van der Waals surface area (Å²) in [6.07, 6.45) is -0.968. The van der Waals surface area contributed by atoms with Crippen LogP contribution in [0.5, 0.6) is 0 Å². The topological polar surface area (TPSA) is 12.9 Å². The van der Waals surface area contributed by atoms with Gasteiger partial charge in [-0.15, -0.1) is 0 Å². The molecule has 3 rings (SSSR count). The van der Waals surface area contributed by atoms with Gasteiger partial charge in [0, 0.05) is 22.2 Å². The first-order chi connectivity index (χ1) is 9.66. The average molecular weight is 290 g/mol. The number of rotatable bonds is 2. The number of aromatic nitrogens is 1. The van der Waals surface area contributed by atoms with Gasteiger partial charge in [0.05, 0.1) is 11.3 Å². The van der Waals surface area contributed by atoms with E-state index in [4.69, 9.17) is 11.6 Å². The smallest absolute Gasteiger partial charge is 0.255 e. The Bertz CT molecular complexity index is 754. The lowest BCUT2D eigenvalue weighted by molar-refractivity contribution is 0.153. The summed E-state index contributed by atoms with van der Waals surface area (Å²) in [5, 5.41) is 1.80. The molecule has 0 fully saturated rings. The van der Waals surface area contributed by atoms with Crippen LogP contribution in [0.4, 0.5) is 8.78 Å². The van der Waals surface area contributed by atoms with E-state index in [1.807, 2.05) is 0 Å². The maximum absolute atomic E-state index is 13.5. The first-order valence-corrected chi connectivity index (χ1v) is 6.46. The van der Waals surface area contributed by atoms with Crippen LogP contribution in [0.15, 0.2) is 54.7 Å². The number of nitrogens with zero attached hydrogens (tertiary/aromatic N) is 1. The highest BCUT2D eigenvalue weighted by Gasteiger charge is 2.19. The Labute approximate surface area is 119 Å². The van der Waals surface area contributed by atoms with Crippen molar-refractivity contribution in [3.63, 3.8) is 0 Å². The highest BCUT2D eigenvalue weighted by molar-refractivity contribution is 6.30. The monoisotopic (exact) mass is 289 g/mol. The molecule has 0 amide bonds. The lowest BCUT2D eigenvalue weighted by Crippen LogP contribution is -1.95. The van der Waals surface area contributed by atoms with Crippen molar-refractivity contribution in [2.45, 2.75) is 6.43 Å². The van der Waals surface area contributed by atoms with Crippen LogP contribution in [0, 0.1) is 0 Å². The van der Waals surface area contributed by atoms with Gasteiger partial charge in [-0.3, -0.25) is 4.98 Å². The Hall–Kier alpha value is -2.00. The molecule has 0 radical (unpaired) electrons. The van der Waals surface area contributed by atoms with Gasteiger partial charge < -0.3 is 0 Å². The second kappa shape index (κ2) is 5.17. The number of halogens is 3. The number of alkyl halides is 2. The molecule has 0 unspecified atom stereocenters. The summed E-state index contributed by atoms with van der Waals surface area (Å²) in [5.41, 5.74) is 0.899. The lowest BCUT2D eigenvalue weighted by Gasteiger charge is -2.11. The van der Waals surface area contributed by atoms with Gasteiger partial charge in [0.25, 0.3) is 6.43 Å². The molecule has 0 saturated heterocycles. The number of fused-ring (bicyclic) bond motifs is 1. The standard InChI is InChI=1S/C16H10ClF2N/c17-12-7-5-10(6-8-12)15-14(16(18)19)13-4-2-1-3-11(13)9-20-15/h1-9,16H. The fourth-order valence-corrected chi connectivity index (χ4v) is 2.37. The Morgan fingerprint density at radius 1 is 0.950 bits per heavy atom. The van der Waals surface area contributed by atoms with E-state index in [0.717, 1.165) is 0 Å². The van der Waals surface area contributed by atoms with Crippen molar-refractivity contribution < 1.29 is 8.78 Å². The Morgan fingerprint density at radius 3 is 2.35 bits per heavy atom. The predicted molar refractivity (Wildman–Crippen MR) is 77.1 cm³/mol. The maximum Gasteiger partial charge on any atom is 0.266 e. The predicted octanol–water partition coefficient (Wildman–Crippen LogP) is 5.49. The summed E-state index contributed by atoms with van der Waals surface area (Å²) in [6, 6.07) is 13.8. The molecule has 1 nitrogen and oxygen atoms in total. The third-order valence-electron chi connectivity index (χ3n) is 3.17. The molecular weight excluding hydrogens is 280 g/mol. The van der Waals surface area contributed by atoms with E-state index in [9.17, 15) is 8.78 Å². The van der Waals surface area contributed by atoms with E-state index in [2.05, 4.69) is 4.98 Å². The van der Waals surface area contributed by atoms with Crippen LogP contribution >= 0.6 is 11.6 Å². The van der Waals surface area contributed by atoms with Gasteiger partial charge in [0.2, 0.25) is 0 Å². The molecule has 0 spiro atoms. The summed E-state index contributed by atoms with van der Waals surface area (Å²) in [4.78, 5) is 4.20. The molecule has 0 aliphatic rings. The fourth-order valence-electron chi connectivity index (χ4n) is 2.24. The minimum atomic E-state index is -2.58. The van der Waals surface area contributed by atoms with Crippen molar-refractivity contribution in [3.8, 4) is 11.3 Å². The van der Waals surface area contributed by atoms with Gasteiger partial charge in [-0.1, -0.05) is 48.0 Å². The van der Waals surface area contributed by atoms with Crippen molar-refractivity contribution in [3.05, 3.63) is 65.3 Å². The van der Waals surface area contributed by atoms with E-state index in [1.165, 1.54) is 0 Å². The van der Waals surface area contributed by atoms with Gasteiger partial charge in [-0.2, -0.15) is 0 Å². The number of benzene rings is 2. The Kier molecular flexibility index (Phi) is 3.36. The summed E-state index contributed by atoms with van der Waals surface area (Å²) >= 11 is 5.83. The molecule has 1 heterocycles. The Morgan fingerprint density at radius 2 is 1.65 bits per heavy atom. The molecule has 0 aliphatic carbocycles. The SMILES string of the molecule is FC(F)c1c(-c2ccc(Cl)cc2)ncc2ccccc12. The Balaban J connectivity index is 2.30. The highest BCUT2D eigenvalue weighted by atomic mass is 35.5. The van der Waals surface area contributed by atoms with Crippen LogP contribution in [-0.2, 0) is 0 Å². The quantitative estimate of drug-likeness (QED) is 0.607. The van der Waals surface area contributed by atoms with Gasteiger partial charge in [-0.25, -0.2) is 8.78 Å². The molecule has 1 aromatic heterocycles. The van der Waals surface area contributed by atoms with Crippen LogP contribution in [-0.4, -0.2) is 4.98 Å². The van der Waals surface area contributed by atoms with Gasteiger partial charge in [0.15, 0.2) is 0 Å². The van der Waals surface area contributed by atoms with E-state index < -0.39 is 6.43 Å². The third-order valence-corrected chi connectivity index (χ3v) is 3.43. The minimum absolute atomic E-state index is 0.0366. The summed E-state index contributed by atoms with van der Waals surface area (Å²) < 4.78 is 26.9. The van der Waals surface area contributed by atoms with E-state index in [1.54, 1.807) is 54.7 Å². The maximum atomic E-state index is 13.5. The highest BCUT2D eigenvalue weighted by Crippen LogP contribution is 2.35. The van der Waals surface area contributed by atoms with Crippen molar-refractivity contribution in [2.75, 3.05) is 0 Å². The molecule has 0 N–H and O–H groups in total. The van der Waals surface area contributed by atoms with Gasteiger partial charge >= 0.3 is 0 Å². The molecule has 100 valence electrons. The van der Waals surface area contributed by atoms with Crippen LogP contribution in [0.3, 0.4) is 0 Å². The number of hydrogen-bond acceptors (Lipinski definition) is 1. The second-order valence-electron chi connectivity index (χ2n) is 4.42. The number of hydrogen-bond donors (Lipinski definition) is 0. The number of pyridine rings is 1. The zero-order valence-corrected chi connectivity index (χ0v) is 11.1. The van der Waals surface area contributed by atoms with Crippen LogP contribution in [0.1, 0.15) is 12.0 Å². The molecular formula is C16H10ClF2N. The van der Waals surface area contributed by atoms with Crippen molar-refractivity contribution in [1.29, 1.82) is 0 Å². The summed E-state index contributed by atoms with van der Waals surface area (Å²) in [7, 11) is 0. The molecule has 3 aromatic rings. The third kappa shape index (κ3) is 2.25. The molecule has 0 aliphatic heterocycles. The lowest BCUT2D eigenvalue weighted by atomic mass is 10.0. The fraction of sp³-hybridized carbons (Fsp3) is 0.0625. The molecule has 0 saturated carbocycles. The summed E-state index contributed by atoms with van der Waals surface area (Å²) in [5.74, 6) is 0. The largest absolute Gasteiger partial charge is 0.266 e. The van der Waals surface area contributed by atoms with Gasteiger partial charge in [-0.05, 0) is 17.5 Å². The zero-order chi connectivity index (χ0) is 14.1. The van der Waals surface area contributed by atoms with Crippen molar-refractivity contribution in [1.82, 2.24) is 4.98 Å². The molecule has 20 heavy (non-hydrogen) atoms. The van der Waals surface area contributed by atoms with Gasteiger partial charge in [0.1, 0.15) is 0 Å². The molecule has 2 aromatic carbocycles. The van der Waals surface area contributed by atoms with Crippen LogP contribution < -0.4 is 0 Å². The van der Waals surface area contributed by atoms with Crippen molar-refractivity contribution >= 4 is 22.4 Å². The molecule has 4 heteroatoms. The first kappa shape index (κ1) is 13.0. The van der Waals surface area contributed by atoms with Crippen LogP contribution in [0.2, 0.25) is 5.02 Å². The van der Waals surface area contributed by atoms with E-state index in [-0.39, 0.29) is 5.56 Å². The summed E-state index contributed by atoms with van der Waals surface area (Å²) in [6.45, 7) is 0. The zero-order valence-electron chi connectivity index (χ0n) is 10.4. The van der Waals surface area contributed by atoms with E-state index >= 15 is 0 Å². The average Bonchev–Trinajstić information content (AvgIpc) is 2.46.